The Morgan fingerprint density at radius 2 is 2.16 bits per heavy atom. The number of hydrogen-bond acceptors (Lipinski definition) is 8. The maximum Gasteiger partial charge on any atom is 0.407 e. The van der Waals surface area contributed by atoms with Gasteiger partial charge >= 0.3 is 12.1 Å². The van der Waals surface area contributed by atoms with E-state index in [0.717, 1.165) is 11.3 Å². The minimum atomic E-state index is -1.31. The summed E-state index contributed by atoms with van der Waals surface area (Å²) in [5, 5.41) is 19.2. The molecule has 0 bridgehead atoms. The molecular formula is C14H20N4O6S. The molecule has 1 aromatic heterocycles. The summed E-state index contributed by atoms with van der Waals surface area (Å²) in [6, 6.07) is 0. The fourth-order valence-electron chi connectivity index (χ4n) is 1.45. The predicted octanol–water partition coefficient (Wildman–Crippen LogP) is 1.43. The number of aliphatic carboxylic acids is 1. The Kier molecular flexibility index (Phi) is 7.79. The Bertz CT molecular complexity index is 638. The van der Waals surface area contributed by atoms with Gasteiger partial charge in [-0.05, 0) is 20.8 Å². The van der Waals surface area contributed by atoms with Crippen LogP contribution < -0.4 is 10.6 Å². The van der Waals surface area contributed by atoms with Crippen molar-refractivity contribution in [1.82, 2.24) is 10.3 Å². The highest BCUT2D eigenvalue weighted by molar-refractivity contribution is 7.14. The van der Waals surface area contributed by atoms with E-state index in [1.807, 2.05) is 0 Å². The third kappa shape index (κ3) is 8.11. The smallest absolute Gasteiger partial charge is 0.407 e. The molecule has 25 heavy (non-hydrogen) atoms. The molecule has 1 aromatic rings. The molecule has 0 saturated heterocycles. The number of thiazole rings is 1. The average Bonchev–Trinajstić information content (AvgIpc) is 2.92. The van der Waals surface area contributed by atoms with Gasteiger partial charge in [0.2, 0.25) is 12.1 Å². The summed E-state index contributed by atoms with van der Waals surface area (Å²) < 4.78 is 5.06. The first-order valence-electron chi connectivity index (χ1n) is 7.29. The van der Waals surface area contributed by atoms with Crippen LogP contribution in [-0.4, -0.2) is 53.0 Å². The lowest BCUT2D eigenvalue weighted by Gasteiger charge is -2.19. The summed E-state index contributed by atoms with van der Waals surface area (Å²) in [4.78, 5) is 41.8. The highest BCUT2D eigenvalue weighted by atomic mass is 32.1. The number of alkyl carbamates (subject to hydrolysis) is 1. The first-order chi connectivity index (χ1) is 11.7. The maximum absolute atomic E-state index is 11.4. The van der Waals surface area contributed by atoms with Gasteiger partial charge < -0.3 is 25.3 Å². The Balaban J connectivity index is 2.42. The fraction of sp³-hybridized carbons (Fsp3) is 0.500. The van der Waals surface area contributed by atoms with Gasteiger partial charge in [0.15, 0.2) is 5.13 Å². The van der Waals surface area contributed by atoms with Crippen LogP contribution in [0.3, 0.4) is 0 Å². The lowest BCUT2D eigenvalue weighted by molar-refractivity contribution is -0.129. The van der Waals surface area contributed by atoms with E-state index >= 15 is 0 Å². The molecule has 1 rings (SSSR count). The van der Waals surface area contributed by atoms with E-state index in [1.165, 1.54) is 5.38 Å². The first-order valence-corrected chi connectivity index (χ1v) is 8.17. The number of carboxylic acids is 1. The molecule has 138 valence electrons. The molecule has 1 heterocycles. The van der Waals surface area contributed by atoms with E-state index in [-0.39, 0.29) is 29.7 Å². The zero-order valence-electron chi connectivity index (χ0n) is 14.1. The molecule has 0 unspecified atom stereocenters. The number of nitrogens with zero attached hydrogens (tertiary/aromatic N) is 2. The molecule has 3 N–H and O–H groups in total. The molecule has 0 spiro atoms. The van der Waals surface area contributed by atoms with Crippen molar-refractivity contribution >= 4 is 40.7 Å². The van der Waals surface area contributed by atoms with Gasteiger partial charge in [0, 0.05) is 18.3 Å². The third-order valence-corrected chi connectivity index (χ3v) is 3.14. The fourth-order valence-corrected chi connectivity index (χ4v) is 2.10. The summed E-state index contributed by atoms with van der Waals surface area (Å²) in [6.45, 7) is 5.65. The first kappa shape index (κ1) is 20.4. The molecule has 0 aliphatic rings. The van der Waals surface area contributed by atoms with Crippen LogP contribution in [0.25, 0.3) is 0 Å². The zero-order chi connectivity index (χ0) is 18.9. The molecule has 2 amide bonds. The lowest BCUT2D eigenvalue weighted by Crippen LogP contribution is -2.33. The number of ether oxygens (including phenoxy) is 1. The van der Waals surface area contributed by atoms with Crippen molar-refractivity contribution in [2.75, 3.05) is 18.5 Å². The van der Waals surface area contributed by atoms with E-state index in [2.05, 4.69) is 20.8 Å². The van der Waals surface area contributed by atoms with Crippen LogP contribution in [0.15, 0.2) is 10.5 Å². The van der Waals surface area contributed by atoms with Gasteiger partial charge in [0.1, 0.15) is 17.9 Å². The molecule has 0 aliphatic heterocycles. The quantitative estimate of drug-likeness (QED) is 0.258. The Hall–Kier alpha value is -2.69. The summed E-state index contributed by atoms with van der Waals surface area (Å²) in [5.74, 6) is -1.31. The number of carbonyl (C=O) groups is 3. The van der Waals surface area contributed by atoms with E-state index in [4.69, 9.17) is 14.7 Å². The number of nitrogens with one attached hydrogen (secondary N) is 2. The largest absolute Gasteiger partial charge is 0.476 e. The monoisotopic (exact) mass is 372 g/mol. The molecule has 0 aromatic carbocycles. The maximum atomic E-state index is 11.4. The van der Waals surface area contributed by atoms with E-state index in [9.17, 15) is 14.4 Å². The Morgan fingerprint density at radius 3 is 2.76 bits per heavy atom. The Morgan fingerprint density at radius 1 is 1.44 bits per heavy atom. The molecule has 0 fully saturated rings. The van der Waals surface area contributed by atoms with Gasteiger partial charge in [0.25, 0.3) is 0 Å². The van der Waals surface area contributed by atoms with E-state index < -0.39 is 17.7 Å². The standard InChI is InChI=1S/C14H20N4O6S/c1-14(2,3)24-13(22)15-5-4-6-23-18-10(11(20)21)9-7-25-12(17-9)16-8-19/h7-8H,4-6H2,1-3H3,(H,15,22)(H,20,21)(H,16,17,19)/b18-10-. The Labute approximate surface area is 148 Å². The van der Waals surface area contributed by atoms with Crippen LogP contribution in [0, 0.1) is 0 Å². The second-order valence-corrected chi connectivity index (χ2v) is 6.52. The van der Waals surface area contributed by atoms with Gasteiger partial charge in [-0.3, -0.25) is 4.79 Å². The van der Waals surface area contributed by atoms with Crippen LogP contribution in [0.2, 0.25) is 0 Å². The highest BCUT2D eigenvalue weighted by Crippen LogP contribution is 2.15. The van der Waals surface area contributed by atoms with Crippen molar-refractivity contribution < 1.29 is 29.1 Å². The van der Waals surface area contributed by atoms with Crippen LogP contribution in [0.4, 0.5) is 9.93 Å². The SMILES string of the molecule is CC(C)(C)OC(=O)NCCCO/N=C(\C(=O)O)c1csc(NC=O)n1. The zero-order valence-corrected chi connectivity index (χ0v) is 14.9. The number of carboxylic acid groups (broad SMARTS) is 1. The van der Waals surface area contributed by atoms with Gasteiger partial charge in [-0.2, -0.15) is 0 Å². The molecule has 0 radical (unpaired) electrons. The van der Waals surface area contributed by atoms with Crippen molar-refractivity contribution in [3.63, 3.8) is 0 Å². The van der Waals surface area contributed by atoms with Gasteiger partial charge in [-0.1, -0.05) is 5.16 Å². The predicted molar refractivity (Wildman–Crippen MR) is 90.8 cm³/mol. The van der Waals surface area contributed by atoms with Crippen molar-refractivity contribution in [3.05, 3.63) is 11.1 Å². The number of carbonyl (C=O) groups excluding carboxylic acids is 2. The van der Waals surface area contributed by atoms with Crippen molar-refractivity contribution in [3.8, 4) is 0 Å². The number of rotatable bonds is 9. The number of hydrogen-bond donors (Lipinski definition) is 3. The molecule has 0 aliphatic carbocycles. The highest BCUT2D eigenvalue weighted by Gasteiger charge is 2.18. The summed E-state index contributed by atoms with van der Waals surface area (Å²) >= 11 is 1.06. The second-order valence-electron chi connectivity index (χ2n) is 5.66. The minimum Gasteiger partial charge on any atom is -0.476 e. The third-order valence-electron chi connectivity index (χ3n) is 2.37. The van der Waals surface area contributed by atoms with Crippen LogP contribution in [-0.2, 0) is 19.2 Å². The van der Waals surface area contributed by atoms with E-state index in [1.54, 1.807) is 20.8 Å². The van der Waals surface area contributed by atoms with Crippen LogP contribution in [0.1, 0.15) is 32.9 Å². The van der Waals surface area contributed by atoms with Crippen LogP contribution >= 0.6 is 11.3 Å². The van der Waals surface area contributed by atoms with E-state index in [0.29, 0.717) is 12.8 Å². The number of anilines is 1. The molecule has 11 heteroatoms. The van der Waals surface area contributed by atoms with Gasteiger partial charge in [0.05, 0.1) is 0 Å². The lowest BCUT2D eigenvalue weighted by atomic mass is 10.2. The topological polar surface area (TPSA) is 139 Å². The summed E-state index contributed by atoms with van der Waals surface area (Å²) in [6.07, 6.45) is 0.304. The molecule has 10 nitrogen and oxygen atoms in total. The average molecular weight is 372 g/mol. The summed E-state index contributed by atoms with van der Waals surface area (Å²) in [5.41, 5.74) is -0.879. The number of aromatic nitrogens is 1. The van der Waals surface area contributed by atoms with Crippen molar-refractivity contribution in [1.29, 1.82) is 0 Å². The van der Waals surface area contributed by atoms with Crippen molar-refractivity contribution in [2.24, 2.45) is 5.16 Å². The van der Waals surface area contributed by atoms with Gasteiger partial charge in [-0.25, -0.2) is 14.6 Å². The normalized spacial score (nSPS) is 11.6. The second kappa shape index (κ2) is 9.57. The molecule has 0 atom stereocenters. The minimum absolute atomic E-state index is 0.0775. The number of oxime groups is 1. The molecular weight excluding hydrogens is 352 g/mol. The summed E-state index contributed by atoms with van der Waals surface area (Å²) in [7, 11) is 0. The molecule has 0 saturated carbocycles. The van der Waals surface area contributed by atoms with Gasteiger partial charge in [-0.15, -0.1) is 11.3 Å². The van der Waals surface area contributed by atoms with Crippen molar-refractivity contribution in [2.45, 2.75) is 32.8 Å². The van der Waals surface area contributed by atoms with Crippen LogP contribution in [0.5, 0.6) is 0 Å². The number of amides is 2.